The summed E-state index contributed by atoms with van der Waals surface area (Å²) in [4.78, 5) is 5.95. The highest BCUT2D eigenvalue weighted by molar-refractivity contribution is 7.86. The molecule has 152 valence electrons. The van der Waals surface area contributed by atoms with E-state index in [1.54, 1.807) is 23.5 Å². The van der Waals surface area contributed by atoms with E-state index in [9.17, 15) is 13.0 Å². The third-order valence-electron chi connectivity index (χ3n) is 5.22. The number of aryl methyl sites for hydroxylation is 2. The van der Waals surface area contributed by atoms with Crippen LogP contribution in [0.15, 0.2) is 29.3 Å². The van der Waals surface area contributed by atoms with Crippen LogP contribution in [-0.2, 0) is 10.1 Å². The largest absolute Gasteiger partial charge is 0.285 e. The third-order valence-corrected chi connectivity index (χ3v) is 7.86. The number of thiophene rings is 1. The average molecular weight is 451 g/mol. The molecule has 3 aromatic rings. The van der Waals surface area contributed by atoms with Crippen LogP contribution in [0.4, 0.5) is 0 Å². The van der Waals surface area contributed by atoms with Crippen LogP contribution in [0.3, 0.4) is 0 Å². The van der Waals surface area contributed by atoms with Gasteiger partial charge in [-0.05, 0) is 45.4 Å². The molecular formula is C19H19ClN4O3S2. The van der Waals surface area contributed by atoms with Gasteiger partial charge in [0.25, 0.3) is 10.1 Å². The van der Waals surface area contributed by atoms with Gasteiger partial charge in [0, 0.05) is 21.0 Å². The number of hydrogen-bond donors (Lipinski definition) is 1. The Kier molecular flexibility index (Phi) is 4.89. The molecule has 1 aliphatic rings. The van der Waals surface area contributed by atoms with Gasteiger partial charge in [0.2, 0.25) is 0 Å². The maximum absolute atomic E-state index is 12.0. The Morgan fingerprint density at radius 3 is 2.45 bits per heavy atom. The number of aromatic nitrogens is 3. The molecular weight excluding hydrogens is 432 g/mol. The maximum atomic E-state index is 12.0. The van der Waals surface area contributed by atoms with Crippen LogP contribution < -0.4 is 0 Å². The van der Waals surface area contributed by atoms with Gasteiger partial charge < -0.3 is 0 Å². The molecule has 0 fully saturated rings. The lowest BCUT2D eigenvalue weighted by atomic mass is 9.99. The Hall–Kier alpha value is -2.07. The maximum Gasteiger partial charge on any atom is 0.270 e. The lowest BCUT2D eigenvalue weighted by Crippen LogP contribution is -2.26. The summed E-state index contributed by atoms with van der Waals surface area (Å²) in [6.45, 7) is 7.29. The molecule has 10 heteroatoms. The summed E-state index contributed by atoms with van der Waals surface area (Å²) in [5.74, 6) is 1.02. The topological polar surface area (TPSA) is 97.4 Å². The predicted molar refractivity (Wildman–Crippen MR) is 114 cm³/mol. The first-order valence-corrected chi connectivity index (χ1v) is 11.6. The van der Waals surface area contributed by atoms with Crippen molar-refractivity contribution in [2.75, 3.05) is 0 Å². The number of fused-ring (bicyclic) bond motifs is 3. The Morgan fingerprint density at radius 1 is 1.17 bits per heavy atom. The zero-order valence-electron chi connectivity index (χ0n) is 16.2. The van der Waals surface area contributed by atoms with Gasteiger partial charge in [-0.1, -0.05) is 23.7 Å². The first-order chi connectivity index (χ1) is 13.6. The van der Waals surface area contributed by atoms with Crippen LogP contribution >= 0.6 is 22.9 Å². The smallest absolute Gasteiger partial charge is 0.270 e. The highest BCUT2D eigenvalue weighted by Gasteiger charge is 2.38. The Balaban J connectivity index is 2.08. The van der Waals surface area contributed by atoms with Gasteiger partial charge in [-0.3, -0.25) is 14.1 Å². The second kappa shape index (κ2) is 7.02. The summed E-state index contributed by atoms with van der Waals surface area (Å²) in [5, 5.41) is 8.67. The lowest BCUT2D eigenvalue weighted by molar-refractivity contribution is 0.455. The van der Waals surface area contributed by atoms with E-state index < -0.39 is 21.4 Å². The molecule has 0 aliphatic carbocycles. The zero-order valence-corrected chi connectivity index (χ0v) is 18.6. The van der Waals surface area contributed by atoms with Crippen molar-refractivity contribution in [1.82, 2.24) is 14.8 Å². The Bertz CT molecular complexity index is 1240. The fourth-order valence-corrected chi connectivity index (χ4v) is 5.28. The molecule has 1 N–H and O–H groups in total. The summed E-state index contributed by atoms with van der Waals surface area (Å²) < 4.78 is 35.6. The van der Waals surface area contributed by atoms with Gasteiger partial charge in [0.15, 0.2) is 5.82 Å². The molecule has 0 bridgehead atoms. The number of hydrogen-bond acceptors (Lipinski definition) is 6. The number of nitrogens with zero attached hydrogens (tertiary/aromatic N) is 4. The molecule has 1 unspecified atom stereocenters. The molecule has 7 nitrogen and oxygen atoms in total. The second-order valence-corrected chi connectivity index (χ2v) is 10.5. The van der Waals surface area contributed by atoms with Crippen LogP contribution in [0, 0.1) is 20.8 Å². The minimum Gasteiger partial charge on any atom is -0.285 e. The molecule has 1 aromatic carbocycles. The van der Waals surface area contributed by atoms with Gasteiger partial charge in [-0.15, -0.1) is 21.5 Å². The van der Waals surface area contributed by atoms with Crippen molar-refractivity contribution in [2.24, 2.45) is 4.99 Å². The van der Waals surface area contributed by atoms with Crippen LogP contribution in [-0.4, -0.2) is 38.7 Å². The molecule has 29 heavy (non-hydrogen) atoms. The zero-order chi connectivity index (χ0) is 21.1. The van der Waals surface area contributed by atoms with E-state index in [1.807, 2.05) is 37.5 Å². The molecule has 0 saturated carbocycles. The van der Waals surface area contributed by atoms with Gasteiger partial charge in [-0.25, -0.2) is 0 Å². The number of halogens is 1. The summed E-state index contributed by atoms with van der Waals surface area (Å²) in [7, 11) is -4.36. The van der Waals surface area contributed by atoms with E-state index >= 15 is 0 Å². The lowest BCUT2D eigenvalue weighted by Gasteiger charge is -2.17. The molecule has 0 spiro atoms. The van der Waals surface area contributed by atoms with Crippen molar-refractivity contribution in [3.8, 4) is 5.00 Å². The third kappa shape index (κ3) is 3.31. The second-order valence-electron chi connectivity index (χ2n) is 7.05. The van der Waals surface area contributed by atoms with Crippen molar-refractivity contribution in [2.45, 2.75) is 39.0 Å². The Morgan fingerprint density at radius 2 is 1.83 bits per heavy atom. The highest BCUT2D eigenvalue weighted by Crippen LogP contribution is 2.40. The summed E-state index contributed by atoms with van der Waals surface area (Å²) in [6.07, 6.45) is 0. The summed E-state index contributed by atoms with van der Waals surface area (Å²) in [6, 6.07) is 6.32. The van der Waals surface area contributed by atoms with E-state index in [-0.39, 0.29) is 0 Å². The van der Waals surface area contributed by atoms with E-state index in [0.29, 0.717) is 22.4 Å². The van der Waals surface area contributed by atoms with Crippen molar-refractivity contribution in [3.05, 3.63) is 62.5 Å². The number of rotatable bonds is 3. The van der Waals surface area contributed by atoms with Gasteiger partial charge in [0.1, 0.15) is 22.1 Å². The van der Waals surface area contributed by atoms with E-state index in [1.165, 1.54) is 6.92 Å². The van der Waals surface area contributed by atoms with Crippen LogP contribution in [0.1, 0.15) is 46.2 Å². The molecule has 4 rings (SSSR count). The molecule has 0 saturated heterocycles. The standard InChI is InChI=1S/C19H19ClN4O3S2/c1-9-10(2)28-19-15(9)17(13-5-7-14(20)8-6-13)21-16(11(3)29(25,26)27)18-23-22-12(4)24(18)19/h5-8,11,16H,1-4H3,(H,25,26,27)/t11-,16?/m1/s1. The van der Waals surface area contributed by atoms with Gasteiger partial charge >= 0.3 is 0 Å². The first kappa shape index (κ1) is 20.2. The predicted octanol–water partition coefficient (Wildman–Crippen LogP) is 4.08. The average Bonchev–Trinajstić information content (AvgIpc) is 3.11. The van der Waals surface area contributed by atoms with Crippen molar-refractivity contribution >= 4 is 38.8 Å². The van der Waals surface area contributed by atoms with E-state index in [4.69, 9.17) is 16.6 Å². The van der Waals surface area contributed by atoms with Gasteiger partial charge in [-0.2, -0.15) is 8.42 Å². The minimum absolute atomic E-state index is 0.388. The highest BCUT2D eigenvalue weighted by atomic mass is 35.5. The molecule has 0 radical (unpaired) electrons. The van der Waals surface area contributed by atoms with Crippen molar-refractivity contribution < 1.29 is 13.0 Å². The van der Waals surface area contributed by atoms with Crippen LogP contribution in [0.5, 0.6) is 0 Å². The van der Waals surface area contributed by atoms with E-state index in [0.717, 1.165) is 26.6 Å². The van der Waals surface area contributed by atoms with Crippen LogP contribution in [0.25, 0.3) is 5.00 Å². The fourth-order valence-electron chi connectivity index (χ4n) is 3.43. The molecule has 3 heterocycles. The van der Waals surface area contributed by atoms with Gasteiger partial charge in [0.05, 0.1) is 5.71 Å². The quantitative estimate of drug-likeness (QED) is 0.606. The number of benzene rings is 1. The summed E-state index contributed by atoms with van der Waals surface area (Å²) >= 11 is 7.64. The SMILES string of the molecule is Cc1sc2c(c1C)C(c1ccc(Cl)cc1)=NC([C@@H](C)S(=O)(=O)O)c1nnc(C)n1-2. The van der Waals surface area contributed by atoms with E-state index in [2.05, 4.69) is 10.2 Å². The molecule has 2 aromatic heterocycles. The fraction of sp³-hybridized carbons (Fsp3) is 0.316. The first-order valence-electron chi connectivity index (χ1n) is 8.92. The minimum atomic E-state index is -4.36. The van der Waals surface area contributed by atoms with Crippen molar-refractivity contribution in [3.63, 3.8) is 0 Å². The van der Waals surface area contributed by atoms with Crippen LogP contribution in [0.2, 0.25) is 5.02 Å². The van der Waals surface area contributed by atoms with Crippen molar-refractivity contribution in [1.29, 1.82) is 0 Å². The number of aliphatic imine (C=N–C) groups is 1. The molecule has 0 amide bonds. The normalized spacial score (nSPS) is 17.3. The Labute approximate surface area is 177 Å². The molecule has 2 atom stereocenters. The molecule has 1 aliphatic heterocycles. The summed E-state index contributed by atoms with van der Waals surface area (Å²) in [5.41, 5.74) is 3.41. The monoisotopic (exact) mass is 450 g/mol.